The van der Waals surface area contributed by atoms with Gasteiger partial charge in [-0.05, 0) is 49.4 Å². The molecule has 1 aromatic heterocycles. The van der Waals surface area contributed by atoms with Gasteiger partial charge in [-0.15, -0.1) is 0 Å². The lowest BCUT2D eigenvalue weighted by molar-refractivity contribution is -0.142. The Morgan fingerprint density at radius 3 is 2.46 bits per heavy atom. The van der Waals surface area contributed by atoms with E-state index >= 15 is 0 Å². The van der Waals surface area contributed by atoms with Crippen LogP contribution in [0, 0.1) is 5.41 Å². The number of rotatable bonds is 6. The van der Waals surface area contributed by atoms with E-state index in [1.165, 1.54) is 6.42 Å². The van der Waals surface area contributed by atoms with Crippen LogP contribution in [-0.2, 0) is 9.53 Å². The van der Waals surface area contributed by atoms with Crippen LogP contribution in [0.4, 0.5) is 5.95 Å². The number of esters is 1. The Hall–Kier alpha value is -2.28. The van der Waals surface area contributed by atoms with Crippen LogP contribution in [-0.4, -0.2) is 27.8 Å². The molecule has 0 radical (unpaired) electrons. The van der Waals surface area contributed by atoms with Crippen molar-refractivity contribution in [3.05, 3.63) is 52.8 Å². The van der Waals surface area contributed by atoms with E-state index in [0.717, 1.165) is 35.7 Å². The minimum Gasteiger partial charge on any atom is -0.458 e. The van der Waals surface area contributed by atoms with Gasteiger partial charge in [0.15, 0.2) is 0 Å². The Morgan fingerprint density at radius 1 is 1.15 bits per heavy atom. The van der Waals surface area contributed by atoms with Crippen molar-refractivity contribution in [2.24, 2.45) is 0 Å². The van der Waals surface area contributed by atoms with Crippen molar-refractivity contribution in [2.45, 2.75) is 44.2 Å². The summed E-state index contributed by atoms with van der Waals surface area (Å²) in [5.41, 5.74) is 0.622. The number of nitrogens with one attached hydrogen (secondary N) is 2. The number of anilines is 1. The van der Waals surface area contributed by atoms with Crippen molar-refractivity contribution in [1.82, 2.24) is 9.97 Å². The molecule has 1 aromatic carbocycles. The number of aromatic nitrogens is 2. The topological polar surface area (TPSA) is 88.0 Å². The van der Waals surface area contributed by atoms with Gasteiger partial charge in [0, 0.05) is 16.9 Å². The molecule has 7 heteroatoms. The Bertz CT molecular complexity index is 746. The molecule has 6 nitrogen and oxygen atoms in total. The molecule has 0 saturated heterocycles. The molecule has 2 aromatic rings. The normalized spacial score (nSPS) is 15.9. The lowest BCUT2D eigenvalue weighted by atomic mass is 9.97. The number of halogens is 1. The second-order valence-electron chi connectivity index (χ2n) is 6.28. The summed E-state index contributed by atoms with van der Waals surface area (Å²) < 4.78 is 6.49. The van der Waals surface area contributed by atoms with Crippen LogP contribution in [0.1, 0.15) is 43.7 Å². The molecule has 0 bridgehead atoms. The summed E-state index contributed by atoms with van der Waals surface area (Å²) in [7, 11) is 0. The smallest absolute Gasteiger partial charge is 0.354 e. The molecule has 0 aliphatic heterocycles. The molecule has 1 aliphatic carbocycles. The van der Waals surface area contributed by atoms with Crippen molar-refractivity contribution in [2.75, 3.05) is 5.32 Å². The second-order valence-corrected chi connectivity index (χ2v) is 7.20. The van der Waals surface area contributed by atoms with E-state index in [0.29, 0.717) is 5.95 Å². The molecule has 136 valence electrons. The van der Waals surface area contributed by atoms with Crippen LogP contribution in [0.3, 0.4) is 0 Å². The highest BCUT2D eigenvalue weighted by molar-refractivity contribution is 9.10. The molecule has 1 fully saturated rings. The average molecular weight is 417 g/mol. The SMILES string of the molecule is N=C(C(=O)OC1CCCCC1)C(Nc1ncccn1)c1ccc(Br)cc1. The monoisotopic (exact) mass is 416 g/mol. The number of benzene rings is 1. The molecule has 0 amide bonds. The summed E-state index contributed by atoms with van der Waals surface area (Å²) in [6.45, 7) is 0. The third kappa shape index (κ3) is 4.88. The van der Waals surface area contributed by atoms with Gasteiger partial charge >= 0.3 is 5.97 Å². The molecule has 1 saturated carbocycles. The molecule has 26 heavy (non-hydrogen) atoms. The van der Waals surface area contributed by atoms with Gasteiger partial charge in [-0.3, -0.25) is 5.41 Å². The summed E-state index contributed by atoms with van der Waals surface area (Å²) in [5.74, 6) is -0.233. The van der Waals surface area contributed by atoms with Crippen molar-refractivity contribution in [3.8, 4) is 0 Å². The van der Waals surface area contributed by atoms with Crippen LogP contribution in [0.5, 0.6) is 0 Å². The second kappa shape index (κ2) is 8.89. The molecule has 0 spiro atoms. The first-order valence-corrected chi connectivity index (χ1v) is 9.51. The van der Waals surface area contributed by atoms with Crippen LogP contribution in [0.2, 0.25) is 0 Å². The van der Waals surface area contributed by atoms with Gasteiger partial charge in [0.2, 0.25) is 5.95 Å². The van der Waals surface area contributed by atoms with Crippen molar-refractivity contribution >= 4 is 33.6 Å². The fraction of sp³-hybridized carbons (Fsp3) is 0.368. The van der Waals surface area contributed by atoms with Crippen molar-refractivity contribution in [3.63, 3.8) is 0 Å². The molecule has 3 rings (SSSR count). The fourth-order valence-electron chi connectivity index (χ4n) is 3.00. The van der Waals surface area contributed by atoms with Crippen molar-refractivity contribution in [1.29, 1.82) is 5.41 Å². The van der Waals surface area contributed by atoms with Gasteiger partial charge in [0.25, 0.3) is 0 Å². The Kier molecular flexibility index (Phi) is 6.33. The van der Waals surface area contributed by atoms with E-state index in [1.54, 1.807) is 18.5 Å². The Labute approximate surface area is 161 Å². The van der Waals surface area contributed by atoms with Gasteiger partial charge in [-0.1, -0.05) is 34.5 Å². The maximum Gasteiger partial charge on any atom is 0.354 e. The van der Waals surface area contributed by atoms with Gasteiger partial charge in [-0.25, -0.2) is 14.8 Å². The van der Waals surface area contributed by atoms with E-state index in [-0.39, 0.29) is 11.8 Å². The van der Waals surface area contributed by atoms with Crippen LogP contribution < -0.4 is 5.32 Å². The van der Waals surface area contributed by atoms with Gasteiger partial charge < -0.3 is 10.1 Å². The number of nitrogens with zero attached hydrogens (tertiary/aromatic N) is 2. The standard InChI is InChI=1S/C19H21BrN4O2/c20-14-9-7-13(8-10-14)17(24-19-22-11-4-12-23-19)16(21)18(25)26-15-5-2-1-3-6-15/h4,7-12,15,17,21H,1-3,5-6H2,(H,22,23,24). The largest absolute Gasteiger partial charge is 0.458 e. The maximum atomic E-state index is 12.5. The predicted molar refractivity (Wildman–Crippen MR) is 103 cm³/mol. The van der Waals surface area contributed by atoms with Gasteiger partial charge in [0.1, 0.15) is 17.9 Å². The van der Waals surface area contributed by atoms with E-state index < -0.39 is 12.0 Å². The fourth-order valence-corrected chi connectivity index (χ4v) is 3.26. The molecular weight excluding hydrogens is 396 g/mol. The zero-order chi connectivity index (χ0) is 18.4. The van der Waals surface area contributed by atoms with Crippen LogP contribution in [0.15, 0.2) is 47.2 Å². The van der Waals surface area contributed by atoms with Gasteiger partial charge in [-0.2, -0.15) is 0 Å². The first-order valence-electron chi connectivity index (χ1n) is 8.72. The molecule has 1 unspecified atom stereocenters. The number of carbonyl (C=O) groups is 1. The highest BCUT2D eigenvalue weighted by Crippen LogP contribution is 2.24. The Balaban J connectivity index is 1.78. The highest BCUT2D eigenvalue weighted by atomic mass is 79.9. The molecule has 1 heterocycles. The summed E-state index contributed by atoms with van der Waals surface area (Å²) in [5, 5.41) is 11.5. The quantitative estimate of drug-likeness (QED) is 0.541. The van der Waals surface area contributed by atoms with Crippen molar-refractivity contribution < 1.29 is 9.53 Å². The number of hydrogen-bond acceptors (Lipinski definition) is 6. The molecule has 2 N–H and O–H groups in total. The first-order chi connectivity index (χ1) is 12.6. The van der Waals surface area contributed by atoms with Crippen LogP contribution >= 0.6 is 15.9 Å². The molecule has 1 aliphatic rings. The minimum atomic E-state index is -0.679. The average Bonchev–Trinajstić information content (AvgIpc) is 2.68. The third-order valence-corrected chi connectivity index (χ3v) is 4.91. The maximum absolute atomic E-state index is 12.5. The molecule has 1 atom stereocenters. The lowest BCUT2D eigenvalue weighted by Crippen LogP contribution is -2.32. The Morgan fingerprint density at radius 2 is 1.81 bits per heavy atom. The minimum absolute atomic E-state index is 0.0878. The number of carbonyl (C=O) groups excluding carboxylic acids is 1. The third-order valence-electron chi connectivity index (χ3n) is 4.38. The number of hydrogen-bond donors (Lipinski definition) is 2. The van der Waals surface area contributed by atoms with E-state index in [9.17, 15) is 4.79 Å². The van der Waals surface area contributed by atoms with Gasteiger partial charge in [0.05, 0.1) is 0 Å². The summed E-state index contributed by atoms with van der Waals surface area (Å²) in [6.07, 6.45) is 8.19. The first kappa shape index (κ1) is 18.5. The highest BCUT2D eigenvalue weighted by Gasteiger charge is 2.28. The number of ether oxygens (including phenoxy) is 1. The summed E-state index contributed by atoms with van der Waals surface area (Å²) in [6, 6.07) is 8.48. The molecular formula is C19H21BrN4O2. The summed E-state index contributed by atoms with van der Waals surface area (Å²) >= 11 is 3.40. The van der Waals surface area contributed by atoms with E-state index in [2.05, 4.69) is 31.2 Å². The zero-order valence-electron chi connectivity index (χ0n) is 14.3. The summed E-state index contributed by atoms with van der Waals surface area (Å²) in [4.78, 5) is 20.8. The predicted octanol–water partition coefficient (Wildman–Crippen LogP) is 4.29. The van der Waals surface area contributed by atoms with E-state index in [1.807, 2.05) is 24.3 Å². The van der Waals surface area contributed by atoms with E-state index in [4.69, 9.17) is 10.1 Å². The zero-order valence-corrected chi connectivity index (χ0v) is 15.9. The van der Waals surface area contributed by atoms with Crippen LogP contribution in [0.25, 0.3) is 0 Å². The lowest BCUT2D eigenvalue weighted by Gasteiger charge is -2.24.